The van der Waals surface area contributed by atoms with Crippen LogP contribution >= 0.6 is 15.9 Å². The summed E-state index contributed by atoms with van der Waals surface area (Å²) in [6, 6.07) is 13.1. The fraction of sp³-hybridized carbons (Fsp3) is 0.105. The normalized spacial score (nSPS) is 11.1. The molecule has 1 amide bonds. The molecule has 0 aliphatic heterocycles. The second kappa shape index (κ2) is 9.20. The molecule has 0 saturated heterocycles. The van der Waals surface area contributed by atoms with Crippen LogP contribution in [0.5, 0.6) is 0 Å². The Balaban J connectivity index is 1.62. The van der Waals surface area contributed by atoms with E-state index in [1.165, 1.54) is 12.1 Å². The molecule has 0 unspecified atom stereocenters. The van der Waals surface area contributed by atoms with E-state index in [0.29, 0.717) is 40.5 Å². The highest BCUT2D eigenvalue weighted by Gasteiger charge is 2.08. The molecule has 3 rings (SSSR count). The number of rotatable bonds is 8. The zero-order valence-electron chi connectivity index (χ0n) is 15.7. The Morgan fingerprint density at radius 3 is 2.33 bits per heavy atom. The van der Waals surface area contributed by atoms with Gasteiger partial charge in [0.2, 0.25) is 21.9 Å². The van der Waals surface area contributed by atoms with Crippen LogP contribution in [0.15, 0.2) is 64.1 Å². The average Bonchev–Trinajstić information content (AvgIpc) is 2.70. The smallest absolute Gasteiger partial charge is 0.248 e. The summed E-state index contributed by atoms with van der Waals surface area (Å²) in [5.41, 5.74) is 7.31. The van der Waals surface area contributed by atoms with Gasteiger partial charge in [-0.15, -0.1) is 0 Å². The van der Waals surface area contributed by atoms with Gasteiger partial charge in [-0.25, -0.2) is 18.5 Å². The number of carbonyl (C=O) groups excluding carboxylic acids is 1. The Hall–Kier alpha value is -3.02. The summed E-state index contributed by atoms with van der Waals surface area (Å²) in [6.45, 7) is 0.567. The molecule has 3 aromatic rings. The van der Waals surface area contributed by atoms with Crippen LogP contribution < -0.4 is 21.5 Å². The first-order valence-corrected chi connectivity index (χ1v) is 11.1. The number of sulfonamides is 1. The lowest BCUT2D eigenvalue weighted by Crippen LogP contribution is -2.12. The Bertz CT molecular complexity index is 1150. The number of primary sulfonamides is 1. The summed E-state index contributed by atoms with van der Waals surface area (Å²) in [6.07, 6.45) is 2.27. The average molecular weight is 491 g/mol. The number of hydrogen-bond acceptors (Lipinski definition) is 7. The lowest BCUT2D eigenvalue weighted by Gasteiger charge is -2.11. The number of hydrogen-bond donors (Lipinski definition) is 4. The Labute approximate surface area is 182 Å². The van der Waals surface area contributed by atoms with Crippen molar-refractivity contribution < 1.29 is 13.2 Å². The molecule has 1 aromatic heterocycles. The molecule has 156 valence electrons. The van der Waals surface area contributed by atoms with E-state index in [1.807, 2.05) is 0 Å². The van der Waals surface area contributed by atoms with E-state index in [0.717, 1.165) is 5.56 Å². The maximum absolute atomic E-state index is 11.3. The molecule has 0 spiro atoms. The topological polar surface area (TPSA) is 153 Å². The van der Waals surface area contributed by atoms with Crippen molar-refractivity contribution in [2.45, 2.75) is 11.3 Å². The molecule has 30 heavy (non-hydrogen) atoms. The third kappa shape index (κ3) is 5.75. The number of primary amides is 1. The molecule has 11 heteroatoms. The van der Waals surface area contributed by atoms with Crippen molar-refractivity contribution in [2.24, 2.45) is 10.9 Å². The van der Waals surface area contributed by atoms with Crippen molar-refractivity contribution in [3.8, 4) is 0 Å². The molecule has 0 saturated carbocycles. The van der Waals surface area contributed by atoms with Crippen LogP contribution in [0.1, 0.15) is 15.9 Å². The second-order valence-electron chi connectivity index (χ2n) is 6.32. The van der Waals surface area contributed by atoms with E-state index in [1.54, 1.807) is 42.6 Å². The van der Waals surface area contributed by atoms with Gasteiger partial charge in [0.15, 0.2) is 0 Å². The number of halogens is 1. The zero-order chi connectivity index (χ0) is 21.7. The molecular formula is C19H19BrN6O3S. The van der Waals surface area contributed by atoms with Crippen molar-refractivity contribution in [1.29, 1.82) is 0 Å². The predicted molar refractivity (Wildman–Crippen MR) is 118 cm³/mol. The van der Waals surface area contributed by atoms with Gasteiger partial charge in [-0.1, -0.05) is 12.1 Å². The van der Waals surface area contributed by atoms with Crippen LogP contribution in [0.25, 0.3) is 0 Å². The Morgan fingerprint density at radius 2 is 1.73 bits per heavy atom. The highest BCUT2D eigenvalue weighted by atomic mass is 79.9. The number of carbonyl (C=O) groups is 1. The molecule has 9 nitrogen and oxygen atoms in total. The minimum Gasteiger partial charge on any atom is -0.369 e. The Morgan fingerprint density at radius 1 is 1.07 bits per heavy atom. The first-order valence-electron chi connectivity index (χ1n) is 8.77. The van der Waals surface area contributed by atoms with Crippen LogP contribution in [-0.4, -0.2) is 30.8 Å². The monoisotopic (exact) mass is 490 g/mol. The number of aromatic nitrogens is 2. The number of nitrogens with one attached hydrogen (secondary N) is 2. The fourth-order valence-corrected chi connectivity index (χ4v) is 3.42. The third-order valence-electron chi connectivity index (χ3n) is 4.13. The van der Waals surface area contributed by atoms with E-state index >= 15 is 0 Å². The quantitative estimate of drug-likeness (QED) is 0.377. The van der Waals surface area contributed by atoms with Crippen molar-refractivity contribution in [3.05, 3.63) is 70.3 Å². The lowest BCUT2D eigenvalue weighted by molar-refractivity contribution is 0.100. The van der Waals surface area contributed by atoms with Crippen molar-refractivity contribution in [2.75, 3.05) is 17.2 Å². The maximum atomic E-state index is 11.3. The van der Waals surface area contributed by atoms with E-state index in [-0.39, 0.29) is 4.90 Å². The molecule has 0 aliphatic rings. The molecule has 6 N–H and O–H groups in total. The number of benzene rings is 2. The highest BCUT2D eigenvalue weighted by Crippen LogP contribution is 2.22. The van der Waals surface area contributed by atoms with E-state index in [2.05, 4.69) is 36.5 Å². The number of amides is 1. The minimum absolute atomic E-state index is 0.0809. The molecule has 0 aliphatic carbocycles. The standard InChI is InChI=1S/C19H19BrN6O3S/c20-16-11-24-19(25-14-5-3-13(4-6-14)17(21)27)26-18(16)23-10-9-12-1-7-15(8-2-12)30(22,28)29/h1-8,11H,9-10H2,(H2,21,27)(H2,22,28,29)(H2,23,24,25,26). The van der Waals surface area contributed by atoms with Gasteiger partial charge in [0.1, 0.15) is 5.82 Å². The SMILES string of the molecule is NC(=O)c1ccc(Nc2ncc(Br)c(NCCc3ccc(S(N)(=O)=O)cc3)n2)cc1. The van der Waals surface area contributed by atoms with Crippen molar-refractivity contribution in [3.63, 3.8) is 0 Å². The number of anilines is 3. The maximum Gasteiger partial charge on any atom is 0.248 e. The number of nitrogens with two attached hydrogens (primary N) is 2. The molecule has 1 heterocycles. The first kappa shape index (κ1) is 21.7. The van der Waals surface area contributed by atoms with Crippen LogP contribution in [-0.2, 0) is 16.4 Å². The minimum atomic E-state index is -3.69. The Kier molecular flexibility index (Phi) is 6.65. The van der Waals surface area contributed by atoms with Crippen LogP contribution in [0.4, 0.5) is 17.5 Å². The van der Waals surface area contributed by atoms with Crippen LogP contribution in [0.2, 0.25) is 0 Å². The van der Waals surface area contributed by atoms with Gasteiger partial charge in [0, 0.05) is 24.0 Å². The van der Waals surface area contributed by atoms with Crippen molar-refractivity contribution in [1.82, 2.24) is 9.97 Å². The summed E-state index contributed by atoms with van der Waals surface area (Å²) < 4.78 is 23.3. The molecule has 0 atom stereocenters. The summed E-state index contributed by atoms with van der Waals surface area (Å²) >= 11 is 3.41. The van der Waals surface area contributed by atoms with Gasteiger partial charge in [0.25, 0.3) is 0 Å². The van der Waals surface area contributed by atoms with Crippen molar-refractivity contribution >= 4 is 49.3 Å². The van der Waals surface area contributed by atoms with E-state index < -0.39 is 15.9 Å². The molecule has 0 bridgehead atoms. The van der Waals surface area contributed by atoms with E-state index in [9.17, 15) is 13.2 Å². The first-order chi connectivity index (χ1) is 14.2. The number of nitrogens with zero attached hydrogens (tertiary/aromatic N) is 2. The second-order valence-corrected chi connectivity index (χ2v) is 8.74. The van der Waals surface area contributed by atoms with Gasteiger partial charge >= 0.3 is 0 Å². The van der Waals surface area contributed by atoms with Crippen LogP contribution in [0.3, 0.4) is 0 Å². The van der Waals surface area contributed by atoms with Crippen LogP contribution in [0, 0.1) is 0 Å². The summed E-state index contributed by atoms with van der Waals surface area (Å²) in [5.74, 6) is 0.486. The summed E-state index contributed by atoms with van der Waals surface area (Å²) in [7, 11) is -3.69. The van der Waals surface area contributed by atoms with E-state index in [4.69, 9.17) is 10.9 Å². The largest absolute Gasteiger partial charge is 0.369 e. The molecular weight excluding hydrogens is 472 g/mol. The van der Waals surface area contributed by atoms with Gasteiger partial charge in [-0.3, -0.25) is 4.79 Å². The summed E-state index contributed by atoms with van der Waals surface area (Å²) in [5, 5.41) is 11.4. The van der Waals surface area contributed by atoms with Gasteiger partial charge in [-0.05, 0) is 64.3 Å². The molecule has 0 fully saturated rings. The lowest BCUT2D eigenvalue weighted by atomic mass is 10.1. The summed E-state index contributed by atoms with van der Waals surface area (Å²) in [4.78, 5) is 19.9. The van der Waals surface area contributed by atoms with Gasteiger partial charge < -0.3 is 16.4 Å². The molecule has 0 radical (unpaired) electrons. The van der Waals surface area contributed by atoms with Gasteiger partial charge in [0.05, 0.1) is 9.37 Å². The van der Waals surface area contributed by atoms with Gasteiger partial charge in [-0.2, -0.15) is 4.98 Å². The third-order valence-corrected chi connectivity index (χ3v) is 5.64. The fourth-order valence-electron chi connectivity index (χ4n) is 2.57. The highest BCUT2D eigenvalue weighted by molar-refractivity contribution is 9.10. The zero-order valence-corrected chi connectivity index (χ0v) is 18.1. The predicted octanol–water partition coefficient (Wildman–Crippen LogP) is 2.38. The molecule has 2 aromatic carbocycles.